The fourth-order valence-corrected chi connectivity index (χ4v) is 7.79. The number of urea groups is 1. The summed E-state index contributed by atoms with van der Waals surface area (Å²) in [6.45, 7) is 6.24. The van der Waals surface area contributed by atoms with Gasteiger partial charge in [0.15, 0.2) is 0 Å². The molecule has 2 aromatic carbocycles. The van der Waals surface area contributed by atoms with Crippen LogP contribution in [-0.4, -0.2) is 92.5 Å². The van der Waals surface area contributed by atoms with E-state index in [1.54, 1.807) is 17.3 Å². The first-order valence-corrected chi connectivity index (χ1v) is 18.0. The molecule has 5 amide bonds. The molecule has 0 saturated carbocycles. The highest BCUT2D eigenvalue weighted by Crippen LogP contribution is 2.44. The number of alkyl carbamates (subject to hydrolysis) is 1. The molecule has 0 spiro atoms. The number of fused-ring (bicyclic) bond motifs is 1. The van der Waals surface area contributed by atoms with E-state index >= 15 is 0 Å². The number of methoxy groups -OCH3 is 1. The van der Waals surface area contributed by atoms with E-state index < -0.39 is 24.2 Å². The van der Waals surface area contributed by atoms with E-state index in [0.717, 1.165) is 52.3 Å². The second-order valence-electron chi connectivity index (χ2n) is 14.2. The maximum Gasteiger partial charge on any atom is 0.407 e. The number of hydrogen-bond donors (Lipinski definition) is 5. The van der Waals surface area contributed by atoms with Crippen LogP contribution in [0.2, 0.25) is 0 Å². The predicted molar refractivity (Wildman–Crippen MR) is 198 cm³/mol. The van der Waals surface area contributed by atoms with E-state index in [-0.39, 0.29) is 41.8 Å². The van der Waals surface area contributed by atoms with E-state index in [0.29, 0.717) is 12.4 Å². The minimum atomic E-state index is -0.663. The van der Waals surface area contributed by atoms with Crippen molar-refractivity contribution in [1.29, 1.82) is 0 Å². The first-order valence-electron chi connectivity index (χ1n) is 18.0. The largest absolute Gasteiger partial charge is 0.453 e. The van der Waals surface area contributed by atoms with Gasteiger partial charge in [-0.15, -0.1) is 0 Å². The number of ether oxygens (including phenoxy) is 1. The van der Waals surface area contributed by atoms with Crippen LogP contribution < -0.4 is 16.0 Å². The van der Waals surface area contributed by atoms with E-state index in [4.69, 9.17) is 4.74 Å². The fraction of sp³-hybridized carbons (Fsp3) is 0.385. The molecule has 2 aromatic heterocycles. The van der Waals surface area contributed by atoms with Gasteiger partial charge in [0.25, 0.3) is 0 Å². The van der Waals surface area contributed by atoms with Gasteiger partial charge in [-0.2, -0.15) is 0 Å². The molecule has 53 heavy (non-hydrogen) atoms. The highest BCUT2D eigenvalue weighted by molar-refractivity contribution is 5.89. The Morgan fingerprint density at radius 2 is 1.47 bits per heavy atom. The zero-order valence-electron chi connectivity index (χ0n) is 30.4. The number of benzene rings is 2. The molecule has 5 heterocycles. The van der Waals surface area contributed by atoms with Crippen molar-refractivity contribution in [2.45, 2.75) is 63.8 Å². The maximum absolute atomic E-state index is 13.5. The molecule has 4 aromatic rings. The average molecular weight is 720 g/mol. The molecule has 3 aliphatic rings. The SMILES string of the molecule is CNC(=O)NC(C(=O)N1CC=C[C@H]1c1ncc(-c2ccc(-c3ccc(-c4cnc(C5CCC6C(C)[C@H](NC(=O)OC)C(=O)N56)[nH]4)cc3)cc2)[nH]1)C(C)C. The van der Waals surface area contributed by atoms with Gasteiger partial charge in [0.05, 0.1) is 36.9 Å². The van der Waals surface area contributed by atoms with Crippen LogP contribution in [0.25, 0.3) is 33.6 Å². The maximum atomic E-state index is 13.5. The Bertz CT molecular complexity index is 2020. The topological polar surface area (TPSA) is 177 Å². The molecule has 14 heteroatoms. The number of amides is 5. The Hall–Kier alpha value is -5.92. The number of rotatable bonds is 9. The van der Waals surface area contributed by atoms with E-state index in [9.17, 15) is 19.2 Å². The number of hydrogen-bond acceptors (Lipinski definition) is 7. The lowest BCUT2D eigenvalue weighted by atomic mass is 9.96. The van der Waals surface area contributed by atoms with Gasteiger partial charge in [0, 0.05) is 25.6 Å². The molecular formula is C39H45N9O5. The van der Waals surface area contributed by atoms with Gasteiger partial charge in [-0.3, -0.25) is 9.59 Å². The molecule has 4 unspecified atom stereocenters. The third-order valence-electron chi connectivity index (χ3n) is 10.7. The molecule has 2 fully saturated rings. The first-order chi connectivity index (χ1) is 25.6. The molecule has 14 nitrogen and oxygen atoms in total. The molecular weight excluding hydrogens is 674 g/mol. The standard InChI is InChI=1S/C39H45N9O5/c1-21(2)32(45-38(51)40-4)36(49)47-18-6-7-30(47)34-41-19-27(43-34)25-12-8-23(9-13-25)24-10-14-26(15-11-24)28-20-42-35(44-28)31-17-16-29-22(3)33(37(50)48(29)31)46-39(52)53-5/h6-15,19-22,29-33H,16-18H2,1-5H3,(H,41,43)(H,42,44)(H,46,52)(H2,40,45,51)/t22?,29?,30-,31?,32?,33-/m0/s1. The number of carbonyl (C=O) groups excluding carboxylic acids is 4. The van der Waals surface area contributed by atoms with Crippen molar-refractivity contribution in [1.82, 2.24) is 45.7 Å². The lowest BCUT2D eigenvalue weighted by molar-refractivity contribution is -0.135. The second-order valence-corrected chi connectivity index (χ2v) is 14.2. The third-order valence-corrected chi connectivity index (χ3v) is 10.7. The van der Waals surface area contributed by atoms with Crippen molar-refractivity contribution in [3.05, 3.63) is 84.7 Å². The average Bonchev–Trinajstić information content (AvgIpc) is 4.02. The Balaban J connectivity index is 1.00. The second kappa shape index (κ2) is 14.6. The predicted octanol–water partition coefficient (Wildman–Crippen LogP) is 4.93. The van der Waals surface area contributed by atoms with E-state index in [2.05, 4.69) is 72.3 Å². The summed E-state index contributed by atoms with van der Waals surface area (Å²) < 4.78 is 4.74. The number of aromatic amines is 2. The van der Waals surface area contributed by atoms with Crippen molar-refractivity contribution < 1.29 is 23.9 Å². The first kappa shape index (κ1) is 35.5. The lowest BCUT2D eigenvalue weighted by Gasteiger charge is -2.30. The highest BCUT2D eigenvalue weighted by atomic mass is 16.5. The summed E-state index contributed by atoms with van der Waals surface area (Å²) in [5, 5.41) is 8.01. The Kier molecular flexibility index (Phi) is 9.78. The summed E-state index contributed by atoms with van der Waals surface area (Å²) >= 11 is 0. The van der Waals surface area contributed by atoms with Crippen molar-refractivity contribution in [2.75, 3.05) is 20.7 Å². The number of nitrogens with zero attached hydrogens (tertiary/aromatic N) is 4. The number of H-pyrrole nitrogens is 2. The van der Waals surface area contributed by atoms with Crippen LogP contribution in [0.3, 0.4) is 0 Å². The smallest absolute Gasteiger partial charge is 0.407 e. The van der Waals surface area contributed by atoms with Gasteiger partial charge in [-0.25, -0.2) is 19.6 Å². The Morgan fingerprint density at radius 3 is 2.06 bits per heavy atom. The molecule has 0 bridgehead atoms. The van der Waals surface area contributed by atoms with Crippen molar-refractivity contribution in [2.24, 2.45) is 11.8 Å². The van der Waals surface area contributed by atoms with Crippen LogP contribution in [0.5, 0.6) is 0 Å². The summed E-state index contributed by atoms with van der Waals surface area (Å²) in [6.07, 6.45) is 8.53. The highest BCUT2D eigenvalue weighted by Gasteiger charge is 2.53. The van der Waals surface area contributed by atoms with Crippen LogP contribution in [-0.2, 0) is 14.3 Å². The van der Waals surface area contributed by atoms with Crippen LogP contribution in [0.1, 0.15) is 57.3 Å². The number of nitrogens with one attached hydrogen (secondary N) is 5. The Labute approximate surface area is 307 Å². The number of carbonyl (C=O) groups is 4. The van der Waals surface area contributed by atoms with Crippen LogP contribution in [0.15, 0.2) is 73.1 Å². The lowest BCUT2D eigenvalue weighted by Crippen LogP contribution is -2.53. The molecule has 0 radical (unpaired) electrons. The summed E-state index contributed by atoms with van der Waals surface area (Å²) in [5.41, 5.74) is 5.75. The number of imidazole rings is 2. The summed E-state index contributed by atoms with van der Waals surface area (Å²) in [6, 6.07) is 14.3. The van der Waals surface area contributed by atoms with Crippen molar-refractivity contribution in [3.63, 3.8) is 0 Å². The van der Waals surface area contributed by atoms with Crippen LogP contribution in [0.4, 0.5) is 9.59 Å². The van der Waals surface area contributed by atoms with Crippen LogP contribution in [0, 0.1) is 11.8 Å². The van der Waals surface area contributed by atoms with Gasteiger partial charge in [0.1, 0.15) is 29.8 Å². The molecule has 5 N–H and O–H groups in total. The van der Waals surface area contributed by atoms with Crippen LogP contribution >= 0.6 is 0 Å². The van der Waals surface area contributed by atoms with Crippen molar-refractivity contribution >= 4 is 23.9 Å². The minimum Gasteiger partial charge on any atom is -0.453 e. The molecule has 2 saturated heterocycles. The molecule has 7 rings (SSSR count). The monoisotopic (exact) mass is 719 g/mol. The zero-order chi connectivity index (χ0) is 37.4. The molecule has 6 atom stereocenters. The molecule has 3 aliphatic heterocycles. The van der Waals surface area contributed by atoms with Gasteiger partial charge in [0.2, 0.25) is 11.8 Å². The normalized spacial score (nSPS) is 22.6. The zero-order valence-corrected chi connectivity index (χ0v) is 30.4. The van der Waals surface area contributed by atoms with Gasteiger partial charge in [-0.05, 0) is 41.0 Å². The van der Waals surface area contributed by atoms with E-state index in [1.165, 1.54) is 14.2 Å². The van der Waals surface area contributed by atoms with Gasteiger partial charge >= 0.3 is 12.1 Å². The summed E-state index contributed by atoms with van der Waals surface area (Å²) in [4.78, 5) is 70.5. The summed E-state index contributed by atoms with van der Waals surface area (Å²) in [5.74, 6) is 1.01. The Morgan fingerprint density at radius 1 is 0.887 bits per heavy atom. The van der Waals surface area contributed by atoms with Gasteiger partial charge in [-0.1, -0.05) is 81.5 Å². The number of aromatic nitrogens is 4. The minimum absolute atomic E-state index is 0.0271. The molecule has 276 valence electrons. The third kappa shape index (κ3) is 6.76. The quantitative estimate of drug-likeness (QED) is 0.152. The molecule has 0 aliphatic carbocycles. The summed E-state index contributed by atoms with van der Waals surface area (Å²) in [7, 11) is 2.82. The fourth-order valence-electron chi connectivity index (χ4n) is 7.79. The van der Waals surface area contributed by atoms with Crippen molar-refractivity contribution in [3.8, 4) is 33.6 Å². The van der Waals surface area contributed by atoms with Gasteiger partial charge < -0.3 is 40.5 Å². The van der Waals surface area contributed by atoms with E-state index in [1.807, 2.05) is 50.0 Å².